The van der Waals surface area contributed by atoms with Crippen molar-refractivity contribution in [2.45, 2.75) is 0 Å². The van der Waals surface area contributed by atoms with Crippen LogP contribution in [0.2, 0.25) is 0 Å². The number of hydrogen-bond acceptors (Lipinski definition) is 60. The molecule has 60 nitrogen and oxygen atoms in total. The lowest BCUT2D eigenvalue weighted by molar-refractivity contribution is 0.426. The van der Waals surface area contributed by atoms with E-state index in [1.165, 1.54) is 0 Å². The summed E-state index contributed by atoms with van der Waals surface area (Å²) in [5, 5.41) is -15.6. The molecule has 60 heteroatoms. The molecule has 147 heavy (non-hydrogen) atoms. The van der Waals surface area contributed by atoms with Gasteiger partial charge in [-0.25, -0.2) is 129 Å². The summed E-state index contributed by atoms with van der Waals surface area (Å²) in [5.41, 5.74) is -76.4. The van der Waals surface area contributed by atoms with Crippen LogP contribution in [0.3, 0.4) is 0 Å². The Balaban J connectivity index is 0.000000107. The van der Waals surface area contributed by atoms with E-state index in [1.54, 1.807) is 0 Å². The summed E-state index contributed by atoms with van der Waals surface area (Å²) >= 11 is 0. The van der Waals surface area contributed by atoms with Gasteiger partial charge >= 0.3 is 152 Å². The van der Waals surface area contributed by atoms with Crippen LogP contribution in [0, 0.1) is 0 Å². The standard InChI is InChI=1S/C30O24.C30O18.C27O18/c31-19-25(37)49-13-7(43-19)1-2(8-14(13)50-26(38)20(32)44-8)4-6(12-18(54-30(42)24(36)48-12)17-11(4)47-23(35)29(41)53-17)5-3(1)9-15(51-27(39)21(33)45-9)16-10(5)46-22(34)28(40)52-16;31-13-7-1-2-4-6-5-3(1)9(20-19(7)43-25(37)26(38)44-20)15(33)16(34)10(5)23-24(48-30(42)29(41)47-23)12(6)18(36)17(35)11(4)22-21(8(2)14(13)32)45-27(39)28(40)46-22;28-19-7-1-4-2-6-3-5(1)11(37-19)17-14(41-23(32)26(35)44-17)8(3)21(30)39-12(6)18-15(42-24(33)27(36)45-18)9(2)20(29)38-10(4)16-13(7)40-22(31)25(34)43-16. The van der Waals surface area contributed by atoms with Gasteiger partial charge in [-0.05, 0) is 0 Å². The number of benzene rings is 15. The average Bonchev–Trinajstić information content (AvgIpc) is 0.645. The predicted octanol–water partition coefficient (Wildman–Crippen LogP) is -0.966. The van der Waals surface area contributed by atoms with E-state index in [0.717, 1.165) is 0 Å². The van der Waals surface area contributed by atoms with Crippen LogP contribution in [0.4, 0.5) is 0 Å². The Morgan fingerprint density at radius 1 is 0.0612 bits per heavy atom. The normalized spacial score (nSPS) is 12.6. The molecule has 0 amide bonds. The molecule has 0 saturated carbocycles. The number of hydrogen-bond donors (Lipinski definition) is 0. The van der Waals surface area contributed by atoms with E-state index in [9.17, 15) is 158 Å². The quantitative estimate of drug-likeness (QED) is 0.0763. The van der Waals surface area contributed by atoms with E-state index in [0.29, 0.717) is 0 Å². The molecule has 0 N–H and O–H groups in total. The van der Waals surface area contributed by atoms with Gasteiger partial charge in [-0.15, -0.1) is 0 Å². The van der Waals surface area contributed by atoms with E-state index in [2.05, 4.69) is 0 Å². The maximum Gasteiger partial charge on any atom is 0.423 e. The molecule has 708 valence electrons. The molecular weight excluding hydrogens is 2000 g/mol. The van der Waals surface area contributed by atoms with Gasteiger partial charge < -0.3 is 119 Å². The van der Waals surface area contributed by atoms with Crippen molar-refractivity contribution in [3.8, 4) is 0 Å². The largest absolute Gasteiger partial charge is 0.423 e. The summed E-state index contributed by atoms with van der Waals surface area (Å²) in [5.74, 6) is 0. The Hall–Kier alpha value is -23.3. The van der Waals surface area contributed by atoms with E-state index in [1.807, 2.05) is 0 Å². The Morgan fingerprint density at radius 3 is 0.245 bits per heavy atom. The maximum atomic E-state index is 13.9. The third-order valence-corrected chi connectivity index (χ3v) is 24.4. The van der Waals surface area contributed by atoms with Crippen molar-refractivity contribution in [1.82, 2.24) is 0 Å². The van der Waals surface area contributed by atoms with E-state index in [4.69, 9.17) is 119 Å². The van der Waals surface area contributed by atoms with Crippen LogP contribution >= 0.6 is 0 Å². The first-order chi connectivity index (χ1) is 70.1. The Labute approximate surface area is 755 Å². The van der Waals surface area contributed by atoms with Crippen LogP contribution in [-0.2, 0) is 0 Å². The van der Waals surface area contributed by atoms with Gasteiger partial charge in [-0.2, -0.15) is 0 Å². The molecule has 15 heterocycles. The van der Waals surface area contributed by atoms with Crippen LogP contribution in [0.15, 0.2) is 277 Å². The summed E-state index contributed by atoms with van der Waals surface area (Å²) in [4.78, 5) is 423. The molecule has 30 aromatic rings. The predicted molar refractivity (Wildman–Crippen MR) is 471 cm³/mol. The first kappa shape index (κ1) is 82.0. The topological polar surface area (TPSA) is 918 Å². The number of fused-ring (bicyclic) bond motifs is 39. The van der Waals surface area contributed by atoms with Crippen molar-refractivity contribution in [2.75, 3.05) is 0 Å². The minimum atomic E-state index is -1.76. The molecule has 0 aliphatic carbocycles. The zero-order chi connectivity index (χ0) is 102. The van der Waals surface area contributed by atoms with Crippen LogP contribution in [0.25, 0.3) is 296 Å². The molecule has 0 spiro atoms. The minimum Gasteiger partial charge on any atom is -0.418 e. The highest BCUT2D eigenvalue weighted by molar-refractivity contribution is 6.54. The average molecular weight is 2000 g/mol. The minimum absolute atomic E-state index is 0.218. The van der Waals surface area contributed by atoms with Crippen molar-refractivity contribution in [2.24, 2.45) is 0 Å². The fourth-order valence-corrected chi connectivity index (χ4v) is 19.3. The third-order valence-electron chi connectivity index (χ3n) is 24.4. The number of rotatable bonds is 0. The van der Waals surface area contributed by atoms with Crippen molar-refractivity contribution in [3.63, 3.8) is 0 Å². The molecule has 0 bridgehead atoms. The molecule has 0 unspecified atom stereocenters. The van der Waals surface area contributed by atoms with Gasteiger partial charge in [-0.1, -0.05) is 0 Å². The smallest absolute Gasteiger partial charge is 0.418 e. The zero-order valence-electron chi connectivity index (χ0n) is 68.0. The van der Waals surface area contributed by atoms with Crippen LogP contribution in [0.1, 0.15) is 0 Å². The lowest BCUT2D eigenvalue weighted by Gasteiger charge is -2.20. The zero-order valence-corrected chi connectivity index (χ0v) is 68.0. The highest BCUT2D eigenvalue weighted by Crippen LogP contribution is 2.56. The molecule has 0 radical (unpaired) electrons. The van der Waals surface area contributed by atoms with Crippen molar-refractivity contribution in [3.05, 3.63) is 343 Å². The Bertz CT molecular complexity index is 12500. The van der Waals surface area contributed by atoms with E-state index >= 15 is 0 Å². The van der Waals surface area contributed by atoms with Gasteiger partial charge in [0.05, 0.1) is 32.3 Å². The highest BCUT2D eigenvalue weighted by Gasteiger charge is 2.43. The molecule has 0 atom stereocenters. The van der Waals surface area contributed by atoms with E-state index in [-0.39, 0.29) is 32.3 Å². The van der Waals surface area contributed by atoms with Crippen molar-refractivity contribution >= 4 is 296 Å². The molecule has 0 aliphatic rings. The van der Waals surface area contributed by atoms with Crippen molar-refractivity contribution < 1.29 is 119 Å². The van der Waals surface area contributed by atoms with Gasteiger partial charge in [0.15, 0.2) is 100 Å². The highest BCUT2D eigenvalue weighted by atomic mass is 16.6. The molecule has 0 fully saturated rings. The van der Waals surface area contributed by atoms with Gasteiger partial charge in [-0.3, -0.25) is 28.8 Å². The summed E-state index contributed by atoms with van der Waals surface area (Å²) in [7, 11) is 0. The SMILES string of the molecule is O=c1oc2c(oc1=O)c1c(=O)c(=O)c3c4oc(=O)c(=O)oc4c4c(=O)c(=O)c5c6oc(=O)c(=O)oc6c6c(=O)c(=O)c2c2c6c5c4c3c12.O=c1oc2c(oc1=O)c1c(=O)oc3c4oc(=O)c(=O)oc4c4c(=O)oc5c6oc(=O)c(=O)oc6c6c(=O)oc2c2c1c3c4c5c62.O=c1oc2c3oc(=O)c(=O)oc3c3c(c2oc1=O)c1c2oc(=O)c(=O)oc2c2oc(=O)c(=O)oc2c1c1c2oc(=O)c(=O)oc2c2oc(=O)c(=O)oc2c31. The summed E-state index contributed by atoms with van der Waals surface area (Å²) in [6.07, 6.45) is 0. The van der Waals surface area contributed by atoms with Crippen LogP contribution in [0.5, 0.6) is 0 Å². The molecular formula is C87O60. The summed E-state index contributed by atoms with van der Waals surface area (Å²) < 4.78 is 139. The lowest BCUT2D eigenvalue weighted by atomic mass is 9.81. The second-order valence-corrected chi connectivity index (χ2v) is 31.5. The molecule has 0 saturated heterocycles. The van der Waals surface area contributed by atoms with Gasteiger partial charge in [0.25, 0.3) is 0 Å². The lowest BCUT2D eigenvalue weighted by Crippen LogP contribution is -2.32. The van der Waals surface area contributed by atoms with Crippen LogP contribution < -0.4 is 184 Å². The van der Waals surface area contributed by atoms with Crippen LogP contribution in [-0.4, -0.2) is 0 Å². The maximum absolute atomic E-state index is 13.9. The molecule has 0 aliphatic heterocycles. The Morgan fingerprint density at radius 2 is 0.129 bits per heavy atom. The van der Waals surface area contributed by atoms with E-state index < -0.39 is 448 Å². The van der Waals surface area contributed by atoms with Gasteiger partial charge in [0, 0.05) is 97.0 Å². The fraction of sp³-hybridized carbons (Fsp3) is 0. The fourth-order valence-electron chi connectivity index (χ4n) is 19.3. The first-order valence-corrected chi connectivity index (χ1v) is 39.5. The third kappa shape index (κ3) is 9.55. The summed E-state index contributed by atoms with van der Waals surface area (Å²) in [6, 6.07) is 0. The van der Waals surface area contributed by atoms with Crippen molar-refractivity contribution in [1.29, 1.82) is 0 Å². The summed E-state index contributed by atoms with van der Waals surface area (Å²) in [6.45, 7) is 0. The first-order valence-electron chi connectivity index (χ1n) is 39.5. The van der Waals surface area contributed by atoms with Gasteiger partial charge in [0.2, 0.25) is 82.8 Å². The molecule has 15 aromatic carbocycles. The second kappa shape index (κ2) is 25.9. The van der Waals surface area contributed by atoms with Gasteiger partial charge in [0.1, 0.15) is 16.2 Å². The second-order valence-electron chi connectivity index (χ2n) is 31.5. The monoisotopic (exact) mass is 2000 g/mol. The molecule has 30 rings (SSSR count). The molecule has 15 aromatic heterocycles. The Kier molecular flexibility index (Phi) is 14.5.